The highest BCUT2D eigenvalue weighted by Gasteiger charge is 2.48. The SMILES string of the molecule is CCOC1CC2(CCN(Cc3ccncc3C)C2)C1. The van der Waals surface area contributed by atoms with Crippen molar-refractivity contribution in [2.45, 2.75) is 45.8 Å². The van der Waals surface area contributed by atoms with Gasteiger partial charge in [0.05, 0.1) is 6.10 Å². The lowest BCUT2D eigenvalue weighted by Crippen LogP contribution is -2.44. The second-order valence-corrected chi connectivity index (χ2v) is 6.25. The molecule has 3 nitrogen and oxygen atoms in total. The van der Waals surface area contributed by atoms with Crippen molar-refractivity contribution in [3.63, 3.8) is 0 Å². The maximum absolute atomic E-state index is 5.71. The van der Waals surface area contributed by atoms with E-state index >= 15 is 0 Å². The van der Waals surface area contributed by atoms with E-state index in [0.717, 1.165) is 13.2 Å². The Morgan fingerprint density at radius 3 is 3.05 bits per heavy atom. The number of ether oxygens (including phenoxy) is 1. The van der Waals surface area contributed by atoms with Crippen molar-refractivity contribution in [2.24, 2.45) is 5.41 Å². The van der Waals surface area contributed by atoms with Gasteiger partial charge in [0.25, 0.3) is 0 Å². The lowest BCUT2D eigenvalue weighted by Gasteiger charge is -2.44. The first-order valence-corrected chi connectivity index (χ1v) is 7.44. The minimum Gasteiger partial charge on any atom is -0.378 e. The summed E-state index contributed by atoms with van der Waals surface area (Å²) in [5, 5.41) is 0. The molecule has 0 N–H and O–H groups in total. The molecule has 0 bridgehead atoms. The van der Waals surface area contributed by atoms with Crippen LogP contribution in [0.3, 0.4) is 0 Å². The van der Waals surface area contributed by atoms with E-state index in [9.17, 15) is 0 Å². The zero-order valence-electron chi connectivity index (χ0n) is 12.1. The number of rotatable bonds is 4. The van der Waals surface area contributed by atoms with Crippen molar-refractivity contribution in [1.29, 1.82) is 0 Å². The van der Waals surface area contributed by atoms with E-state index in [-0.39, 0.29) is 0 Å². The summed E-state index contributed by atoms with van der Waals surface area (Å²) in [7, 11) is 0. The van der Waals surface area contributed by atoms with Crippen molar-refractivity contribution in [1.82, 2.24) is 9.88 Å². The Morgan fingerprint density at radius 1 is 1.47 bits per heavy atom. The third-order valence-corrected chi connectivity index (χ3v) is 4.77. The first-order valence-electron chi connectivity index (χ1n) is 7.44. The highest BCUT2D eigenvalue weighted by atomic mass is 16.5. The minimum absolute atomic E-state index is 0.535. The van der Waals surface area contributed by atoms with Crippen LogP contribution < -0.4 is 0 Å². The second-order valence-electron chi connectivity index (χ2n) is 6.25. The van der Waals surface area contributed by atoms with Crippen LogP contribution in [0.2, 0.25) is 0 Å². The van der Waals surface area contributed by atoms with Gasteiger partial charge in [0.15, 0.2) is 0 Å². The van der Waals surface area contributed by atoms with Crippen LogP contribution >= 0.6 is 0 Å². The van der Waals surface area contributed by atoms with Gasteiger partial charge in [-0.2, -0.15) is 0 Å². The molecule has 0 aromatic carbocycles. The zero-order chi connectivity index (χ0) is 13.3. The molecule has 0 unspecified atom stereocenters. The molecule has 2 fully saturated rings. The molecule has 2 heterocycles. The van der Waals surface area contributed by atoms with Crippen LogP contribution in [0.4, 0.5) is 0 Å². The molecule has 3 heteroatoms. The number of nitrogens with zero attached hydrogens (tertiary/aromatic N) is 2. The third-order valence-electron chi connectivity index (χ3n) is 4.77. The van der Waals surface area contributed by atoms with Gasteiger partial charge in [-0.05, 0) is 62.3 Å². The summed E-state index contributed by atoms with van der Waals surface area (Å²) in [5.41, 5.74) is 3.30. The predicted octanol–water partition coefficient (Wildman–Crippen LogP) is 2.78. The number of aryl methyl sites for hydroxylation is 1. The molecule has 2 aliphatic rings. The Hall–Kier alpha value is -0.930. The molecular formula is C16H24N2O. The average Bonchev–Trinajstić information content (AvgIpc) is 2.76. The Morgan fingerprint density at radius 2 is 2.32 bits per heavy atom. The van der Waals surface area contributed by atoms with Crippen molar-refractivity contribution < 1.29 is 4.74 Å². The van der Waals surface area contributed by atoms with Gasteiger partial charge in [-0.3, -0.25) is 9.88 Å². The second kappa shape index (κ2) is 5.22. The van der Waals surface area contributed by atoms with Gasteiger partial charge in [-0.15, -0.1) is 0 Å². The van der Waals surface area contributed by atoms with Gasteiger partial charge in [0.1, 0.15) is 0 Å². The fraction of sp³-hybridized carbons (Fsp3) is 0.688. The van der Waals surface area contributed by atoms with Gasteiger partial charge in [0, 0.05) is 32.1 Å². The lowest BCUT2D eigenvalue weighted by molar-refractivity contribution is -0.0718. The standard InChI is InChI=1S/C16H24N2O/c1-3-19-15-8-16(9-15)5-7-18(12-16)11-14-4-6-17-10-13(14)2/h4,6,10,15H,3,5,7-9,11-12H2,1-2H3. The highest BCUT2D eigenvalue weighted by Crippen LogP contribution is 2.49. The van der Waals surface area contributed by atoms with Crippen molar-refractivity contribution in [2.75, 3.05) is 19.7 Å². The number of aromatic nitrogens is 1. The molecule has 19 heavy (non-hydrogen) atoms. The van der Waals surface area contributed by atoms with Crippen molar-refractivity contribution >= 4 is 0 Å². The summed E-state index contributed by atoms with van der Waals surface area (Å²) < 4.78 is 5.71. The summed E-state index contributed by atoms with van der Waals surface area (Å²) in [6, 6.07) is 2.16. The summed E-state index contributed by atoms with van der Waals surface area (Å²) >= 11 is 0. The van der Waals surface area contributed by atoms with Crippen molar-refractivity contribution in [3.05, 3.63) is 29.6 Å². The van der Waals surface area contributed by atoms with E-state index in [1.165, 1.54) is 43.5 Å². The number of hydrogen-bond donors (Lipinski definition) is 0. The molecule has 1 aliphatic carbocycles. The van der Waals surface area contributed by atoms with Gasteiger partial charge in [0.2, 0.25) is 0 Å². The minimum atomic E-state index is 0.535. The van der Waals surface area contributed by atoms with Gasteiger partial charge >= 0.3 is 0 Å². The van der Waals surface area contributed by atoms with Crippen LogP contribution in [0.15, 0.2) is 18.5 Å². The first kappa shape index (κ1) is 13.1. The maximum atomic E-state index is 5.71. The molecule has 1 aliphatic heterocycles. The molecular weight excluding hydrogens is 236 g/mol. The van der Waals surface area contributed by atoms with Gasteiger partial charge < -0.3 is 4.74 Å². The summed E-state index contributed by atoms with van der Waals surface area (Å²) in [5.74, 6) is 0. The maximum Gasteiger partial charge on any atom is 0.0586 e. The number of pyridine rings is 1. The summed E-state index contributed by atoms with van der Waals surface area (Å²) in [6.45, 7) is 8.68. The van der Waals surface area contributed by atoms with Gasteiger partial charge in [-0.25, -0.2) is 0 Å². The molecule has 0 amide bonds. The largest absolute Gasteiger partial charge is 0.378 e. The Labute approximate surface area is 116 Å². The zero-order valence-corrected chi connectivity index (χ0v) is 12.1. The Kier molecular flexibility index (Phi) is 3.59. The quantitative estimate of drug-likeness (QED) is 0.832. The molecule has 1 saturated carbocycles. The third kappa shape index (κ3) is 2.67. The molecule has 104 valence electrons. The first-order chi connectivity index (χ1) is 9.21. The van der Waals surface area contributed by atoms with E-state index in [4.69, 9.17) is 4.74 Å². The van der Waals surface area contributed by atoms with Crippen LogP contribution in [-0.4, -0.2) is 35.7 Å². The molecule has 1 aromatic heterocycles. The topological polar surface area (TPSA) is 25.4 Å². The Bertz CT molecular complexity index is 440. The van der Waals surface area contributed by atoms with Crippen LogP contribution in [-0.2, 0) is 11.3 Å². The molecule has 1 spiro atoms. The molecule has 1 aromatic rings. The molecule has 1 saturated heterocycles. The van der Waals surface area contributed by atoms with Crippen LogP contribution in [0.25, 0.3) is 0 Å². The monoisotopic (exact) mass is 260 g/mol. The average molecular weight is 260 g/mol. The lowest BCUT2D eigenvalue weighted by atomic mass is 9.66. The van der Waals surface area contributed by atoms with E-state index in [1.807, 2.05) is 12.4 Å². The van der Waals surface area contributed by atoms with E-state index in [0.29, 0.717) is 11.5 Å². The molecule has 0 atom stereocenters. The highest BCUT2D eigenvalue weighted by molar-refractivity contribution is 5.21. The van der Waals surface area contributed by atoms with E-state index in [1.54, 1.807) is 0 Å². The van der Waals surface area contributed by atoms with E-state index in [2.05, 4.69) is 29.8 Å². The normalized spacial score (nSPS) is 30.7. The van der Waals surface area contributed by atoms with Crippen molar-refractivity contribution in [3.8, 4) is 0 Å². The van der Waals surface area contributed by atoms with Crippen LogP contribution in [0.5, 0.6) is 0 Å². The smallest absolute Gasteiger partial charge is 0.0586 e. The van der Waals surface area contributed by atoms with E-state index < -0.39 is 0 Å². The number of likely N-dealkylation sites (tertiary alicyclic amines) is 1. The number of hydrogen-bond acceptors (Lipinski definition) is 3. The van der Waals surface area contributed by atoms with Gasteiger partial charge in [-0.1, -0.05) is 0 Å². The Balaban J connectivity index is 1.55. The fourth-order valence-corrected chi connectivity index (χ4v) is 3.68. The molecule has 3 rings (SSSR count). The van der Waals surface area contributed by atoms with Crippen LogP contribution in [0.1, 0.15) is 37.3 Å². The fourth-order valence-electron chi connectivity index (χ4n) is 3.68. The molecule has 0 radical (unpaired) electrons. The van der Waals surface area contributed by atoms with Crippen LogP contribution in [0, 0.1) is 12.3 Å². The summed E-state index contributed by atoms with van der Waals surface area (Å²) in [6.07, 6.45) is 8.30. The predicted molar refractivity (Wildman–Crippen MR) is 75.9 cm³/mol. The summed E-state index contributed by atoms with van der Waals surface area (Å²) in [4.78, 5) is 6.77.